The van der Waals surface area contributed by atoms with Gasteiger partial charge in [0.25, 0.3) is 0 Å². The molecule has 0 radical (unpaired) electrons. The summed E-state index contributed by atoms with van der Waals surface area (Å²) in [5, 5.41) is 20.2. The first-order chi connectivity index (χ1) is 16.8. The molecule has 0 aliphatic rings. The lowest BCUT2D eigenvalue weighted by molar-refractivity contribution is -0.479. The van der Waals surface area contributed by atoms with Gasteiger partial charge in [-0.1, -0.05) is 58.0 Å². The summed E-state index contributed by atoms with van der Waals surface area (Å²) in [5.41, 5.74) is 5.18. The van der Waals surface area contributed by atoms with Gasteiger partial charge in [-0.25, -0.2) is 0 Å². The van der Waals surface area contributed by atoms with Crippen molar-refractivity contribution in [2.24, 2.45) is 0 Å². The zero-order chi connectivity index (χ0) is 24.9. The number of ether oxygens (including phenoxy) is 1. The number of rotatable bonds is 9. The average Bonchev–Trinajstić information content (AvgIpc) is 3.20. The number of hydrogen-bond donors (Lipinski definition) is 0. The molecule has 0 unspecified atom stereocenters. The van der Waals surface area contributed by atoms with E-state index in [-0.39, 0.29) is 11.5 Å². The van der Waals surface area contributed by atoms with Gasteiger partial charge >= 0.3 is 0 Å². The summed E-state index contributed by atoms with van der Waals surface area (Å²) in [6, 6.07) is 21.5. The molecule has 0 aliphatic heterocycles. The molecule has 1 atom stereocenters. The minimum atomic E-state index is -0.431. The van der Waals surface area contributed by atoms with Gasteiger partial charge in [0.15, 0.2) is 5.16 Å². The Morgan fingerprint density at radius 2 is 1.71 bits per heavy atom. The molecule has 1 heterocycles. The molecule has 1 aromatic heterocycles. The molecule has 9 heteroatoms. The van der Waals surface area contributed by atoms with Gasteiger partial charge < -0.3 is 4.74 Å². The Morgan fingerprint density at radius 3 is 2.37 bits per heavy atom. The molecule has 0 aliphatic carbocycles. The van der Waals surface area contributed by atoms with Crippen molar-refractivity contribution in [2.45, 2.75) is 37.8 Å². The fraction of sp³-hybridized carbons (Fsp3) is 0.231. The quantitative estimate of drug-likeness (QED) is 0.131. The van der Waals surface area contributed by atoms with Crippen LogP contribution in [0, 0.1) is 30.9 Å². The van der Waals surface area contributed by atoms with Gasteiger partial charge in [-0.3, -0.25) is 14.7 Å². The summed E-state index contributed by atoms with van der Waals surface area (Å²) in [7, 11) is 0. The third kappa shape index (κ3) is 6.29. The van der Waals surface area contributed by atoms with Crippen LogP contribution < -0.4 is 4.74 Å². The van der Waals surface area contributed by atoms with Gasteiger partial charge in [-0.2, -0.15) is 0 Å². The highest BCUT2D eigenvalue weighted by molar-refractivity contribution is 9.10. The highest BCUT2D eigenvalue weighted by atomic mass is 79.9. The Balaban J connectivity index is 1.54. The van der Waals surface area contributed by atoms with Crippen LogP contribution in [0.2, 0.25) is 0 Å². The van der Waals surface area contributed by atoms with Crippen molar-refractivity contribution in [3.8, 4) is 11.4 Å². The van der Waals surface area contributed by atoms with Crippen LogP contribution in [0.4, 0.5) is 0 Å². The molecule has 7 nitrogen and oxygen atoms in total. The molecular formula is C26H25BrN4O3S. The van der Waals surface area contributed by atoms with Gasteiger partial charge in [0.05, 0.1) is 0 Å². The van der Waals surface area contributed by atoms with E-state index in [1.807, 2.05) is 66.1 Å². The molecule has 3 aromatic carbocycles. The number of aryl methyl sites for hydroxylation is 3. The highest BCUT2D eigenvalue weighted by Gasteiger charge is 2.24. The number of nitrogens with zero attached hydrogens (tertiary/aromatic N) is 4. The van der Waals surface area contributed by atoms with Crippen LogP contribution in [0.3, 0.4) is 0 Å². The first-order valence-electron chi connectivity index (χ1n) is 11.1. The van der Waals surface area contributed by atoms with E-state index in [1.54, 1.807) is 0 Å². The van der Waals surface area contributed by atoms with Gasteiger partial charge in [0.1, 0.15) is 23.4 Å². The molecular weight excluding hydrogens is 528 g/mol. The largest absolute Gasteiger partial charge is 0.489 e. The molecule has 0 N–H and O–H groups in total. The van der Waals surface area contributed by atoms with E-state index < -0.39 is 5.25 Å². The van der Waals surface area contributed by atoms with Gasteiger partial charge in [-0.05, 0) is 79.4 Å². The number of benzene rings is 3. The van der Waals surface area contributed by atoms with Crippen molar-refractivity contribution < 1.29 is 9.66 Å². The van der Waals surface area contributed by atoms with Gasteiger partial charge in [0, 0.05) is 15.1 Å². The fourth-order valence-electron chi connectivity index (χ4n) is 3.58. The van der Waals surface area contributed by atoms with Crippen molar-refractivity contribution in [3.05, 3.63) is 109 Å². The van der Waals surface area contributed by atoms with Crippen molar-refractivity contribution in [1.82, 2.24) is 14.8 Å². The predicted octanol–water partition coefficient (Wildman–Crippen LogP) is 6.64. The molecule has 4 aromatic rings. The molecule has 0 fully saturated rings. The van der Waals surface area contributed by atoms with Crippen LogP contribution in [0.1, 0.15) is 33.3 Å². The van der Waals surface area contributed by atoms with E-state index >= 15 is 0 Å². The Hall–Kier alpha value is -3.17. The van der Waals surface area contributed by atoms with Crippen molar-refractivity contribution in [3.63, 3.8) is 0 Å². The van der Waals surface area contributed by atoms with E-state index in [0.717, 1.165) is 32.7 Å². The maximum atomic E-state index is 11.5. The summed E-state index contributed by atoms with van der Waals surface area (Å²) in [6.45, 7) is 6.21. The molecule has 4 rings (SSSR count). The molecule has 0 bridgehead atoms. The van der Waals surface area contributed by atoms with Crippen LogP contribution in [-0.2, 0) is 6.61 Å². The zero-order valence-corrected chi connectivity index (χ0v) is 22.0. The van der Waals surface area contributed by atoms with Crippen molar-refractivity contribution >= 4 is 27.7 Å². The molecule has 0 spiro atoms. The fourth-order valence-corrected chi connectivity index (χ4v) is 5.02. The average molecular weight is 553 g/mol. The van der Waals surface area contributed by atoms with Crippen LogP contribution in [0.15, 0.2) is 76.4 Å². The molecule has 0 saturated heterocycles. The topological polar surface area (TPSA) is 83.1 Å². The summed E-state index contributed by atoms with van der Waals surface area (Å²) in [4.78, 5) is 11.2. The Labute approximate surface area is 216 Å². The van der Waals surface area contributed by atoms with Crippen LogP contribution in [0.25, 0.3) is 5.69 Å². The van der Waals surface area contributed by atoms with Crippen LogP contribution >= 0.6 is 27.7 Å². The van der Waals surface area contributed by atoms with Crippen molar-refractivity contribution in [2.75, 3.05) is 6.54 Å². The monoisotopic (exact) mass is 552 g/mol. The second-order valence-electron chi connectivity index (χ2n) is 8.24. The predicted molar refractivity (Wildman–Crippen MR) is 141 cm³/mol. The first-order valence-corrected chi connectivity index (χ1v) is 12.7. The lowest BCUT2D eigenvalue weighted by atomic mass is 10.1. The Kier molecular flexibility index (Phi) is 7.87. The van der Waals surface area contributed by atoms with E-state index in [0.29, 0.717) is 17.5 Å². The first kappa shape index (κ1) is 24.9. The van der Waals surface area contributed by atoms with E-state index in [9.17, 15) is 10.1 Å². The Morgan fingerprint density at radius 1 is 1.00 bits per heavy atom. The minimum absolute atomic E-state index is 0.234. The smallest absolute Gasteiger partial charge is 0.220 e. The number of nitro groups is 1. The second-order valence-corrected chi connectivity index (χ2v) is 10.3. The zero-order valence-electron chi connectivity index (χ0n) is 19.6. The lowest BCUT2D eigenvalue weighted by Crippen LogP contribution is -2.11. The molecule has 0 amide bonds. The van der Waals surface area contributed by atoms with E-state index in [2.05, 4.69) is 52.1 Å². The summed E-state index contributed by atoms with van der Waals surface area (Å²) in [6.07, 6.45) is 0. The standard InChI is InChI=1S/C26H25BrN4O3S/c1-17-4-11-23(14-18(17)2)31-19(3)28-29-26(31)35-25(15-30(32)33)21-7-12-24(13-8-21)34-16-20-5-9-22(27)10-6-20/h4-14,25H,15-16H2,1-3H3/t25-/m1/s1. The third-order valence-corrected chi connectivity index (χ3v) is 7.39. The lowest BCUT2D eigenvalue weighted by Gasteiger charge is -2.15. The maximum absolute atomic E-state index is 11.5. The number of thioether (sulfide) groups is 1. The summed E-state index contributed by atoms with van der Waals surface area (Å²) >= 11 is 4.77. The molecule has 0 saturated carbocycles. The summed E-state index contributed by atoms with van der Waals surface area (Å²) < 4.78 is 8.85. The van der Waals surface area contributed by atoms with E-state index in [4.69, 9.17) is 4.74 Å². The van der Waals surface area contributed by atoms with Crippen molar-refractivity contribution in [1.29, 1.82) is 0 Å². The maximum Gasteiger partial charge on any atom is 0.220 e. The SMILES string of the molecule is Cc1ccc(-n2c(C)nnc2S[C@H](C[N+](=O)[O-])c2ccc(OCc3ccc(Br)cc3)cc2)cc1C. The Bertz CT molecular complexity index is 1320. The molecule has 180 valence electrons. The van der Waals surface area contributed by atoms with Crippen LogP contribution in [-0.4, -0.2) is 26.2 Å². The third-order valence-electron chi connectivity index (χ3n) is 5.68. The number of hydrogen-bond acceptors (Lipinski definition) is 6. The van der Waals surface area contributed by atoms with Gasteiger partial charge in [-0.15, -0.1) is 10.2 Å². The van der Waals surface area contributed by atoms with Crippen LogP contribution in [0.5, 0.6) is 5.75 Å². The highest BCUT2D eigenvalue weighted by Crippen LogP contribution is 2.36. The number of halogens is 1. The number of aromatic nitrogens is 3. The minimum Gasteiger partial charge on any atom is -0.489 e. The van der Waals surface area contributed by atoms with Gasteiger partial charge in [0.2, 0.25) is 6.54 Å². The normalized spacial score (nSPS) is 11.9. The van der Waals surface area contributed by atoms with E-state index in [1.165, 1.54) is 17.3 Å². The second kappa shape index (κ2) is 11.0. The molecule has 35 heavy (non-hydrogen) atoms. The summed E-state index contributed by atoms with van der Waals surface area (Å²) in [5.74, 6) is 1.43.